The number of hydrogen-bond acceptors (Lipinski definition) is 5. The minimum atomic E-state index is -0.372. The smallest absolute Gasteiger partial charge is 0.339 e. The van der Waals surface area contributed by atoms with E-state index in [0.29, 0.717) is 48.9 Å². The van der Waals surface area contributed by atoms with E-state index in [2.05, 4.69) is 9.88 Å². The van der Waals surface area contributed by atoms with Crippen molar-refractivity contribution in [2.45, 2.75) is 6.92 Å². The number of ether oxygens (including phenoxy) is 1. The quantitative estimate of drug-likeness (QED) is 0.771. The fourth-order valence-electron chi connectivity index (χ4n) is 2.85. The van der Waals surface area contributed by atoms with Gasteiger partial charge in [0.25, 0.3) is 5.91 Å². The highest BCUT2D eigenvalue weighted by molar-refractivity contribution is 6.30. The second kappa shape index (κ2) is 8.19. The van der Waals surface area contributed by atoms with Crippen molar-refractivity contribution in [3.63, 3.8) is 0 Å². The molecule has 0 N–H and O–H groups in total. The molecule has 136 valence electrons. The van der Waals surface area contributed by atoms with Gasteiger partial charge in [0.15, 0.2) is 0 Å². The van der Waals surface area contributed by atoms with E-state index in [1.807, 2.05) is 4.90 Å². The van der Waals surface area contributed by atoms with Gasteiger partial charge in [-0.2, -0.15) is 0 Å². The van der Waals surface area contributed by atoms with E-state index >= 15 is 0 Å². The number of amides is 1. The van der Waals surface area contributed by atoms with Crippen molar-refractivity contribution in [2.24, 2.45) is 0 Å². The van der Waals surface area contributed by atoms with E-state index in [9.17, 15) is 9.59 Å². The molecule has 0 atom stereocenters. The van der Waals surface area contributed by atoms with Gasteiger partial charge in [0.1, 0.15) is 5.82 Å². The van der Waals surface area contributed by atoms with Crippen LogP contribution in [0.2, 0.25) is 5.02 Å². The Morgan fingerprint density at radius 2 is 1.88 bits per heavy atom. The molecule has 7 heteroatoms. The number of benzene rings is 1. The topological polar surface area (TPSA) is 62.7 Å². The monoisotopic (exact) mass is 373 g/mol. The van der Waals surface area contributed by atoms with Crippen LogP contribution in [0.5, 0.6) is 0 Å². The van der Waals surface area contributed by atoms with Crippen LogP contribution in [0.3, 0.4) is 0 Å². The molecule has 1 aliphatic rings. The molecular weight excluding hydrogens is 354 g/mol. The number of carbonyl (C=O) groups is 2. The SMILES string of the molecule is CCOC(=O)c1ccc(N2CCN(C(=O)c3cccc(Cl)c3)CC2)nc1. The summed E-state index contributed by atoms with van der Waals surface area (Å²) in [6.07, 6.45) is 1.52. The number of piperazine rings is 1. The minimum absolute atomic E-state index is 0.0160. The number of rotatable bonds is 4. The largest absolute Gasteiger partial charge is 0.462 e. The fourth-order valence-corrected chi connectivity index (χ4v) is 3.04. The first kappa shape index (κ1) is 18.2. The lowest BCUT2D eigenvalue weighted by molar-refractivity contribution is 0.0525. The Balaban J connectivity index is 1.60. The van der Waals surface area contributed by atoms with E-state index < -0.39 is 0 Å². The Morgan fingerprint density at radius 3 is 2.50 bits per heavy atom. The summed E-state index contributed by atoms with van der Waals surface area (Å²) in [6.45, 7) is 4.67. The second-order valence-electron chi connectivity index (χ2n) is 5.92. The molecule has 1 aromatic carbocycles. The molecule has 26 heavy (non-hydrogen) atoms. The maximum absolute atomic E-state index is 12.6. The summed E-state index contributed by atoms with van der Waals surface area (Å²) >= 11 is 5.97. The average Bonchev–Trinajstić information content (AvgIpc) is 2.68. The van der Waals surface area contributed by atoms with Crippen LogP contribution in [0.15, 0.2) is 42.6 Å². The summed E-state index contributed by atoms with van der Waals surface area (Å²) in [6, 6.07) is 10.5. The van der Waals surface area contributed by atoms with Gasteiger partial charge in [-0.1, -0.05) is 17.7 Å². The van der Waals surface area contributed by atoms with Gasteiger partial charge in [0, 0.05) is 43.0 Å². The molecule has 1 saturated heterocycles. The van der Waals surface area contributed by atoms with Gasteiger partial charge in [-0.15, -0.1) is 0 Å². The Kier molecular flexibility index (Phi) is 5.73. The molecule has 2 aromatic rings. The lowest BCUT2D eigenvalue weighted by Crippen LogP contribution is -2.49. The fraction of sp³-hybridized carbons (Fsp3) is 0.316. The molecule has 0 unspecified atom stereocenters. The minimum Gasteiger partial charge on any atom is -0.462 e. The molecule has 1 aliphatic heterocycles. The molecule has 1 fully saturated rings. The summed E-state index contributed by atoms with van der Waals surface area (Å²) in [5.41, 5.74) is 1.04. The zero-order valence-electron chi connectivity index (χ0n) is 14.5. The molecule has 1 amide bonds. The molecule has 0 spiro atoms. The molecule has 0 bridgehead atoms. The lowest BCUT2D eigenvalue weighted by atomic mass is 10.2. The van der Waals surface area contributed by atoms with Gasteiger partial charge in [0.2, 0.25) is 0 Å². The Labute approximate surface area is 157 Å². The summed E-state index contributed by atoms with van der Waals surface area (Å²) in [5.74, 6) is 0.397. The number of carbonyl (C=O) groups excluding carboxylic acids is 2. The van der Waals surface area contributed by atoms with Crippen LogP contribution in [0.1, 0.15) is 27.6 Å². The van der Waals surface area contributed by atoms with E-state index in [1.54, 1.807) is 43.3 Å². The van der Waals surface area contributed by atoms with Crippen LogP contribution in [-0.4, -0.2) is 54.5 Å². The first-order valence-electron chi connectivity index (χ1n) is 8.51. The predicted octanol–water partition coefficient (Wildman–Crippen LogP) is 2.87. The number of nitrogens with zero attached hydrogens (tertiary/aromatic N) is 3. The van der Waals surface area contributed by atoms with Gasteiger partial charge in [-0.05, 0) is 37.3 Å². The molecule has 0 radical (unpaired) electrons. The van der Waals surface area contributed by atoms with Crippen molar-refractivity contribution < 1.29 is 14.3 Å². The van der Waals surface area contributed by atoms with E-state index in [0.717, 1.165) is 5.82 Å². The van der Waals surface area contributed by atoms with Gasteiger partial charge in [-0.25, -0.2) is 9.78 Å². The highest BCUT2D eigenvalue weighted by Gasteiger charge is 2.23. The Hall–Kier alpha value is -2.60. The van der Waals surface area contributed by atoms with Crippen LogP contribution >= 0.6 is 11.6 Å². The van der Waals surface area contributed by atoms with Gasteiger partial charge < -0.3 is 14.5 Å². The standard InChI is InChI=1S/C19H20ClN3O3/c1-2-26-19(25)15-6-7-17(21-13-15)22-8-10-23(11-9-22)18(24)14-4-3-5-16(20)12-14/h3-7,12-13H,2,8-11H2,1H3. The summed E-state index contributed by atoms with van der Waals surface area (Å²) in [4.78, 5) is 32.5. The lowest BCUT2D eigenvalue weighted by Gasteiger charge is -2.35. The van der Waals surface area contributed by atoms with Crippen molar-refractivity contribution in [1.82, 2.24) is 9.88 Å². The van der Waals surface area contributed by atoms with Crippen LogP contribution in [0, 0.1) is 0 Å². The van der Waals surface area contributed by atoms with Gasteiger partial charge >= 0.3 is 5.97 Å². The third-order valence-electron chi connectivity index (χ3n) is 4.22. The number of anilines is 1. The number of pyridine rings is 1. The molecule has 1 aromatic heterocycles. The average molecular weight is 374 g/mol. The van der Waals surface area contributed by atoms with Gasteiger partial charge in [-0.3, -0.25) is 4.79 Å². The maximum atomic E-state index is 12.6. The summed E-state index contributed by atoms with van der Waals surface area (Å²) < 4.78 is 4.96. The highest BCUT2D eigenvalue weighted by atomic mass is 35.5. The Bertz CT molecular complexity index is 787. The molecular formula is C19H20ClN3O3. The number of esters is 1. The summed E-state index contributed by atoms with van der Waals surface area (Å²) in [5, 5.41) is 0.556. The second-order valence-corrected chi connectivity index (χ2v) is 6.35. The zero-order chi connectivity index (χ0) is 18.5. The molecule has 0 saturated carbocycles. The third-order valence-corrected chi connectivity index (χ3v) is 4.46. The van der Waals surface area contributed by atoms with E-state index in [-0.39, 0.29) is 11.9 Å². The van der Waals surface area contributed by atoms with Crippen molar-refractivity contribution in [1.29, 1.82) is 0 Å². The molecule has 3 rings (SSSR count). The van der Waals surface area contributed by atoms with Crippen LogP contribution in [-0.2, 0) is 4.74 Å². The molecule has 2 heterocycles. The maximum Gasteiger partial charge on any atom is 0.339 e. The van der Waals surface area contributed by atoms with Crippen molar-refractivity contribution in [3.05, 3.63) is 58.7 Å². The zero-order valence-corrected chi connectivity index (χ0v) is 15.3. The number of hydrogen-bond donors (Lipinski definition) is 0. The molecule has 0 aliphatic carbocycles. The van der Waals surface area contributed by atoms with Crippen LogP contribution in [0.4, 0.5) is 5.82 Å². The van der Waals surface area contributed by atoms with Gasteiger partial charge in [0.05, 0.1) is 12.2 Å². The van der Waals surface area contributed by atoms with Crippen molar-refractivity contribution in [2.75, 3.05) is 37.7 Å². The molecule has 6 nitrogen and oxygen atoms in total. The predicted molar refractivity (Wildman–Crippen MR) is 99.8 cm³/mol. The number of halogens is 1. The van der Waals surface area contributed by atoms with Crippen LogP contribution < -0.4 is 4.90 Å². The van der Waals surface area contributed by atoms with Crippen molar-refractivity contribution >= 4 is 29.3 Å². The first-order valence-corrected chi connectivity index (χ1v) is 8.89. The number of aromatic nitrogens is 1. The highest BCUT2D eigenvalue weighted by Crippen LogP contribution is 2.17. The normalized spacial score (nSPS) is 14.2. The van der Waals surface area contributed by atoms with Crippen LogP contribution in [0.25, 0.3) is 0 Å². The van der Waals surface area contributed by atoms with E-state index in [1.165, 1.54) is 6.20 Å². The van der Waals surface area contributed by atoms with Crippen molar-refractivity contribution in [3.8, 4) is 0 Å². The third kappa shape index (κ3) is 4.14. The summed E-state index contributed by atoms with van der Waals surface area (Å²) in [7, 11) is 0. The Morgan fingerprint density at radius 1 is 1.12 bits per heavy atom. The first-order chi connectivity index (χ1) is 12.6. The van der Waals surface area contributed by atoms with E-state index in [4.69, 9.17) is 16.3 Å².